The third kappa shape index (κ3) is 3.56. The fourth-order valence-electron chi connectivity index (χ4n) is 2.19. The van der Waals surface area contributed by atoms with Gasteiger partial charge in [0.2, 0.25) is 0 Å². The Morgan fingerprint density at radius 1 is 1.30 bits per heavy atom. The number of carbonyl (C=O) groups excluding carboxylic acids is 1. The lowest BCUT2D eigenvalue weighted by molar-refractivity contribution is -0.232. The number of nitrogens with one attached hydrogen (secondary N) is 1. The molecule has 0 spiro atoms. The van der Waals surface area contributed by atoms with Crippen molar-refractivity contribution in [1.29, 1.82) is 0 Å². The Morgan fingerprint density at radius 2 is 1.80 bits per heavy atom. The van der Waals surface area contributed by atoms with E-state index in [1.165, 1.54) is 4.90 Å². The molecule has 1 heterocycles. The molecule has 1 unspecified atom stereocenters. The Labute approximate surface area is 117 Å². The highest BCUT2D eigenvalue weighted by Gasteiger charge is 2.54. The van der Waals surface area contributed by atoms with Crippen molar-refractivity contribution in [3.63, 3.8) is 0 Å². The lowest BCUT2D eigenvalue weighted by Crippen LogP contribution is -2.55. The molecule has 2 amide bonds. The molecular weight excluding hydrogens is 271 g/mol. The number of urea groups is 1. The van der Waals surface area contributed by atoms with Gasteiger partial charge in [0.25, 0.3) is 0 Å². The molecule has 4 nitrogen and oxygen atoms in total. The van der Waals surface area contributed by atoms with Gasteiger partial charge in [0.15, 0.2) is 0 Å². The smallest absolute Gasteiger partial charge is 0.335 e. The SMILES string of the molecule is CC(C)C(C)NC(=O)N1CCC(CN)(C(F)(F)F)CC1. The zero-order valence-corrected chi connectivity index (χ0v) is 12.3. The summed E-state index contributed by atoms with van der Waals surface area (Å²) in [6, 6.07) is -0.301. The molecule has 0 bridgehead atoms. The van der Waals surface area contributed by atoms with Crippen LogP contribution in [0.3, 0.4) is 0 Å². The topological polar surface area (TPSA) is 58.4 Å². The van der Waals surface area contributed by atoms with E-state index in [4.69, 9.17) is 5.73 Å². The third-order valence-corrected chi connectivity index (χ3v) is 4.35. The Bertz CT molecular complexity index is 336. The van der Waals surface area contributed by atoms with Crippen molar-refractivity contribution in [2.45, 2.75) is 45.8 Å². The van der Waals surface area contributed by atoms with Gasteiger partial charge in [-0.15, -0.1) is 0 Å². The number of amides is 2. The van der Waals surface area contributed by atoms with Crippen LogP contribution >= 0.6 is 0 Å². The lowest BCUT2D eigenvalue weighted by Gasteiger charge is -2.42. The van der Waals surface area contributed by atoms with E-state index in [-0.39, 0.29) is 43.9 Å². The average Bonchev–Trinajstić information content (AvgIpc) is 2.37. The van der Waals surface area contributed by atoms with Crippen LogP contribution in [0.5, 0.6) is 0 Å². The first-order valence-electron chi connectivity index (χ1n) is 6.95. The lowest BCUT2D eigenvalue weighted by atomic mass is 9.78. The molecule has 0 radical (unpaired) electrons. The Morgan fingerprint density at radius 3 is 2.15 bits per heavy atom. The molecule has 20 heavy (non-hydrogen) atoms. The molecule has 1 fully saturated rings. The van der Waals surface area contributed by atoms with Crippen LogP contribution in [0.25, 0.3) is 0 Å². The van der Waals surface area contributed by atoms with Crippen LogP contribution in [0.15, 0.2) is 0 Å². The Hall–Kier alpha value is -0.980. The number of halogens is 3. The van der Waals surface area contributed by atoms with Crippen LogP contribution in [0.1, 0.15) is 33.6 Å². The number of nitrogens with zero attached hydrogens (tertiary/aromatic N) is 1. The number of carbonyl (C=O) groups is 1. The van der Waals surface area contributed by atoms with Gasteiger partial charge < -0.3 is 16.0 Å². The standard InChI is InChI=1S/C13H24F3N3O/c1-9(2)10(3)18-11(20)19-6-4-12(8-17,5-7-19)13(14,15)16/h9-10H,4-8,17H2,1-3H3,(H,18,20). The van der Waals surface area contributed by atoms with Crippen molar-refractivity contribution in [3.8, 4) is 0 Å². The molecular formula is C13H24F3N3O. The van der Waals surface area contributed by atoms with Crippen LogP contribution in [0.2, 0.25) is 0 Å². The highest BCUT2D eigenvalue weighted by atomic mass is 19.4. The maximum absolute atomic E-state index is 13.0. The van der Waals surface area contributed by atoms with Gasteiger partial charge in [-0.2, -0.15) is 13.2 Å². The molecule has 1 aliphatic heterocycles. The van der Waals surface area contributed by atoms with Gasteiger partial charge in [-0.25, -0.2) is 4.79 Å². The minimum Gasteiger partial charge on any atom is -0.335 e. The van der Waals surface area contributed by atoms with Crippen molar-refractivity contribution >= 4 is 6.03 Å². The summed E-state index contributed by atoms with van der Waals surface area (Å²) in [5, 5.41) is 2.81. The fourth-order valence-corrected chi connectivity index (χ4v) is 2.19. The highest BCUT2D eigenvalue weighted by molar-refractivity contribution is 5.74. The molecule has 0 aliphatic carbocycles. The van der Waals surface area contributed by atoms with Gasteiger partial charge >= 0.3 is 12.2 Å². The van der Waals surface area contributed by atoms with Gasteiger partial charge in [0.1, 0.15) is 0 Å². The highest BCUT2D eigenvalue weighted by Crippen LogP contribution is 2.45. The van der Waals surface area contributed by atoms with Crippen LogP contribution < -0.4 is 11.1 Å². The van der Waals surface area contributed by atoms with Crippen LogP contribution in [0.4, 0.5) is 18.0 Å². The molecule has 1 rings (SSSR count). The van der Waals surface area contributed by atoms with E-state index in [1.807, 2.05) is 20.8 Å². The van der Waals surface area contributed by atoms with Gasteiger partial charge in [-0.1, -0.05) is 13.8 Å². The minimum absolute atomic E-state index is 0.00805. The molecule has 118 valence electrons. The van der Waals surface area contributed by atoms with Crippen molar-refractivity contribution in [2.24, 2.45) is 17.1 Å². The second kappa shape index (κ2) is 6.20. The Balaban J connectivity index is 2.60. The molecule has 7 heteroatoms. The second-order valence-corrected chi connectivity index (χ2v) is 5.95. The van der Waals surface area contributed by atoms with E-state index in [9.17, 15) is 18.0 Å². The molecule has 3 N–H and O–H groups in total. The zero-order chi connectivity index (χ0) is 15.6. The predicted octanol–water partition coefficient (Wildman–Crippen LogP) is 2.34. The maximum atomic E-state index is 13.0. The zero-order valence-electron chi connectivity index (χ0n) is 12.3. The van der Waals surface area contributed by atoms with Crippen LogP contribution in [0, 0.1) is 11.3 Å². The van der Waals surface area contributed by atoms with E-state index in [0.717, 1.165) is 0 Å². The van der Waals surface area contributed by atoms with Gasteiger partial charge in [0, 0.05) is 25.7 Å². The first-order chi connectivity index (χ1) is 9.13. The van der Waals surface area contributed by atoms with E-state index >= 15 is 0 Å². The molecule has 1 aliphatic rings. The van der Waals surface area contributed by atoms with E-state index in [1.54, 1.807) is 0 Å². The van der Waals surface area contributed by atoms with Crippen molar-refractivity contribution in [2.75, 3.05) is 19.6 Å². The molecule has 0 aromatic carbocycles. The van der Waals surface area contributed by atoms with E-state index in [2.05, 4.69) is 5.32 Å². The monoisotopic (exact) mass is 295 g/mol. The number of hydrogen-bond acceptors (Lipinski definition) is 2. The summed E-state index contributed by atoms with van der Waals surface area (Å²) < 4.78 is 39.1. The quantitative estimate of drug-likeness (QED) is 0.839. The fraction of sp³-hybridized carbons (Fsp3) is 0.923. The van der Waals surface area contributed by atoms with Crippen LogP contribution in [-0.4, -0.2) is 42.8 Å². The number of hydrogen-bond donors (Lipinski definition) is 2. The van der Waals surface area contributed by atoms with Crippen LogP contribution in [-0.2, 0) is 0 Å². The molecule has 0 aromatic rings. The van der Waals surface area contributed by atoms with Gasteiger partial charge in [0.05, 0.1) is 5.41 Å². The molecule has 1 saturated heterocycles. The molecule has 0 saturated carbocycles. The predicted molar refractivity (Wildman–Crippen MR) is 71.2 cm³/mol. The van der Waals surface area contributed by atoms with Crippen molar-refractivity contribution in [3.05, 3.63) is 0 Å². The largest absolute Gasteiger partial charge is 0.395 e. The summed E-state index contributed by atoms with van der Waals surface area (Å²) in [4.78, 5) is 13.4. The molecule has 0 aromatic heterocycles. The van der Waals surface area contributed by atoms with Gasteiger partial charge in [-0.3, -0.25) is 0 Å². The summed E-state index contributed by atoms with van der Waals surface area (Å²) in [6.45, 7) is 5.59. The Kier molecular flexibility index (Phi) is 5.29. The summed E-state index contributed by atoms with van der Waals surface area (Å²) in [6.07, 6.45) is -4.57. The first kappa shape index (κ1) is 17.1. The number of alkyl halides is 3. The van der Waals surface area contributed by atoms with E-state index < -0.39 is 18.1 Å². The van der Waals surface area contributed by atoms with Crippen molar-refractivity contribution in [1.82, 2.24) is 10.2 Å². The summed E-state index contributed by atoms with van der Waals surface area (Å²) in [5.74, 6) is 0.280. The number of piperidine rings is 1. The maximum Gasteiger partial charge on any atom is 0.395 e. The number of likely N-dealkylation sites (tertiary alicyclic amines) is 1. The minimum atomic E-state index is -4.31. The summed E-state index contributed by atoms with van der Waals surface area (Å²) in [5.41, 5.74) is 3.49. The summed E-state index contributed by atoms with van der Waals surface area (Å²) in [7, 11) is 0. The number of rotatable bonds is 3. The summed E-state index contributed by atoms with van der Waals surface area (Å²) >= 11 is 0. The second-order valence-electron chi connectivity index (χ2n) is 5.95. The average molecular weight is 295 g/mol. The normalized spacial score (nSPS) is 20.9. The molecule has 1 atom stereocenters. The van der Waals surface area contributed by atoms with Crippen molar-refractivity contribution < 1.29 is 18.0 Å². The number of nitrogens with two attached hydrogens (primary N) is 1. The third-order valence-electron chi connectivity index (χ3n) is 4.35. The van der Waals surface area contributed by atoms with Gasteiger partial charge in [-0.05, 0) is 25.7 Å². The first-order valence-corrected chi connectivity index (χ1v) is 6.95. The van der Waals surface area contributed by atoms with E-state index in [0.29, 0.717) is 0 Å².